The Balaban J connectivity index is 1.74. The molecule has 0 spiro atoms. The van der Waals surface area contributed by atoms with Crippen molar-refractivity contribution in [3.05, 3.63) is 27.7 Å². The third-order valence-electron chi connectivity index (χ3n) is 3.55. The molecule has 0 radical (unpaired) electrons. The minimum atomic E-state index is -0.491. The molecule has 2 rings (SSSR count). The van der Waals surface area contributed by atoms with E-state index in [4.69, 9.17) is 27.9 Å². The molecule has 3 N–H and O–H groups in total. The lowest BCUT2D eigenvalue weighted by Gasteiger charge is -2.36. The van der Waals surface area contributed by atoms with Crippen LogP contribution in [-0.4, -0.2) is 28.9 Å². The van der Waals surface area contributed by atoms with Gasteiger partial charge in [0.1, 0.15) is 11.4 Å². The lowest BCUT2D eigenvalue weighted by Crippen LogP contribution is -2.52. The van der Waals surface area contributed by atoms with Crippen LogP contribution in [0.2, 0.25) is 10.0 Å². The van der Waals surface area contributed by atoms with Crippen LogP contribution in [0, 0.1) is 0 Å². The zero-order valence-electron chi connectivity index (χ0n) is 13.5. The largest absolute Gasteiger partial charge is 0.506 e. The molecule has 1 saturated carbocycles. The van der Waals surface area contributed by atoms with Gasteiger partial charge in [-0.2, -0.15) is 0 Å². The summed E-state index contributed by atoms with van der Waals surface area (Å²) >= 11 is 11.8. The lowest BCUT2D eigenvalue weighted by atomic mass is 9.86. The first-order valence-electron chi connectivity index (χ1n) is 7.54. The highest BCUT2D eigenvalue weighted by Gasteiger charge is 2.31. The number of phenolic OH excluding ortho intramolecular Hbond substituents is 1. The molecule has 1 aliphatic carbocycles. The Bertz CT molecular complexity index is 581. The van der Waals surface area contributed by atoms with Crippen molar-refractivity contribution in [3.63, 3.8) is 0 Å². The molecule has 23 heavy (non-hydrogen) atoms. The third kappa shape index (κ3) is 5.44. The summed E-state index contributed by atoms with van der Waals surface area (Å²) in [6, 6.07) is 3.57. The maximum atomic E-state index is 11.7. The maximum Gasteiger partial charge on any atom is 0.407 e. The molecule has 1 fully saturated rings. The number of hydrogen-bond donors (Lipinski definition) is 3. The van der Waals surface area contributed by atoms with Crippen molar-refractivity contribution in [2.24, 2.45) is 0 Å². The summed E-state index contributed by atoms with van der Waals surface area (Å²) in [5.74, 6) is 0.0475. The highest BCUT2D eigenvalue weighted by molar-refractivity contribution is 6.35. The van der Waals surface area contributed by atoms with Crippen LogP contribution >= 0.6 is 23.2 Å². The smallest absolute Gasteiger partial charge is 0.407 e. The van der Waals surface area contributed by atoms with Gasteiger partial charge in [0.05, 0.1) is 5.02 Å². The number of carbonyl (C=O) groups is 1. The predicted molar refractivity (Wildman–Crippen MR) is 91.1 cm³/mol. The van der Waals surface area contributed by atoms with Crippen LogP contribution in [-0.2, 0) is 11.3 Å². The number of phenols is 1. The van der Waals surface area contributed by atoms with Crippen molar-refractivity contribution in [2.75, 3.05) is 0 Å². The van der Waals surface area contributed by atoms with E-state index in [9.17, 15) is 9.90 Å². The highest BCUT2D eigenvalue weighted by Crippen LogP contribution is 2.31. The van der Waals surface area contributed by atoms with Gasteiger partial charge >= 0.3 is 6.09 Å². The first-order valence-corrected chi connectivity index (χ1v) is 8.29. The van der Waals surface area contributed by atoms with E-state index < -0.39 is 5.60 Å². The Morgan fingerprint density at radius 1 is 1.30 bits per heavy atom. The second-order valence-corrected chi connectivity index (χ2v) is 7.63. The number of carbonyl (C=O) groups excluding carboxylic acids is 1. The van der Waals surface area contributed by atoms with Gasteiger partial charge in [-0.3, -0.25) is 0 Å². The molecule has 1 aromatic rings. The van der Waals surface area contributed by atoms with Gasteiger partial charge in [0, 0.05) is 29.2 Å². The molecule has 0 atom stereocenters. The maximum absolute atomic E-state index is 11.7. The average molecular weight is 361 g/mol. The molecule has 0 heterocycles. The zero-order chi connectivity index (χ0) is 17.2. The van der Waals surface area contributed by atoms with E-state index >= 15 is 0 Å². The van der Waals surface area contributed by atoms with Crippen LogP contribution in [0.3, 0.4) is 0 Å². The number of aromatic hydroxyl groups is 1. The molecule has 128 valence electrons. The lowest BCUT2D eigenvalue weighted by molar-refractivity contribution is 0.0465. The van der Waals surface area contributed by atoms with Gasteiger partial charge < -0.3 is 20.5 Å². The van der Waals surface area contributed by atoms with Gasteiger partial charge in [0.2, 0.25) is 0 Å². The van der Waals surface area contributed by atoms with Gasteiger partial charge in [0.25, 0.3) is 0 Å². The summed E-state index contributed by atoms with van der Waals surface area (Å²) in [6.45, 7) is 5.97. The van der Waals surface area contributed by atoms with E-state index in [0.29, 0.717) is 17.1 Å². The summed E-state index contributed by atoms with van der Waals surface area (Å²) in [5, 5.41) is 16.8. The van der Waals surface area contributed by atoms with Crippen molar-refractivity contribution >= 4 is 29.3 Å². The second-order valence-electron chi connectivity index (χ2n) is 6.79. The number of amides is 1. The van der Waals surface area contributed by atoms with E-state index in [2.05, 4.69) is 10.6 Å². The van der Waals surface area contributed by atoms with Gasteiger partial charge in [-0.1, -0.05) is 23.2 Å². The molecule has 1 amide bonds. The summed E-state index contributed by atoms with van der Waals surface area (Å²) in [5.41, 5.74) is 0.167. The van der Waals surface area contributed by atoms with Crippen molar-refractivity contribution in [1.82, 2.24) is 10.6 Å². The Hall–Kier alpha value is -1.17. The monoisotopic (exact) mass is 360 g/mol. The number of hydrogen-bond acceptors (Lipinski definition) is 4. The highest BCUT2D eigenvalue weighted by atomic mass is 35.5. The fraction of sp³-hybridized carbons (Fsp3) is 0.562. The van der Waals surface area contributed by atoms with Gasteiger partial charge in [-0.15, -0.1) is 0 Å². The first-order chi connectivity index (χ1) is 10.6. The van der Waals surface area contributed by atoms with E-state index in [1.54, 1.807) is 6.07 Å². The first kappa shape index (κ1) is 18.2. The van der Waals surface area contributed by atoms with Crippen LogP contribution in [0.4, 0.5) is 4.79 Å². The number of benzene rings is 1. The van der Waals surface area contributed by atoms with E-state index in [1.807, 2.05) is 20.8 Å². The van der Waals surface area contributed by atoms with E-state index in [0.717, 1.165) is 12.8 Å². The van der Waals surface area contributed by atoms with Crippen LogP contribution in [0.1, 0.15) is 39.2 Å². The Morgan fingerprint density at radius 3 is 2.57 bits per heavy atom. The summed E-state index contributed by atoms with van der Waals surface area (Å²) in [4.78, 5) is 11.7. The molecule has 1 aliphatic rings. The minimum Gasteiger partial charge on any atom is -0.506 e. The molecule has 0 bridgehead atoms. The third-order valence-corrected chi connectivity index (χ3v) is 4.05. The molecule has 1 aromatic carbocycles. The number of ether oxygens (including phenoxy) is 1. The topological polar surface area (TPSA) is 70.6 Å². The van der Waals surface area contributed by atoms with Crippen LogP contribution in [0.25, 0.3) is 0 Å². The minimum absolute atomic E-state index is 0.0475. The average Bonchev–Trinajstić information content (AvgIpc) is 2.35. The molecule has 5 nitrogen and oxygen atoms in total. The number of alkyl carbamates (subject to hydrolysis) is 1. The summed E-state index contributed by atoms with van der Waals surface area (Å²) in [6.07, 6.45) is 1.24. The molecular formula is C16H22Cl2N2O3. The quantitative estimate of drug-likeness (QED) is 0.762. The standard InChI is InChI=1S/C16H22Cl2N2O3/c1-16(2,3)23-15(22)20-12-6-11(7-12)19-8-9-4-10(17)5-13(18)14(9)21/h4-5,11-12,19,21H,6-8H2,1-3H3,(H,20,22). The normalized spacial score (nSPS) is 20.7. The fourth-order valence-corrected chi connectivity index (χ4v) is 2.92. The second kappa shape index (κ2) is 7.16. The van der Waals surface area contributed by atoms with Crippen molar-refractivity contribution < 1.29 is 14.6 Å². The van der Waals surface area contributed by atoms with E-state index in [-0.39, 0.29) is 28.9 Å². The molecular weight excluding hydrogens is 339 g/mol. The SMILES string of the molecule is CC(C)(C)OC(=O)NC1CC(NCc2cc(Cl)cc(Cl)c2O)C1. The van der Waals surface area contributed by atoms with Crippen LogP contribution in [0.15, 0.2) is 12.1 Å². The van der Waals surface area contributed by atoms with Crippen molar-refractivity contribution in [1.29, 1.82) is 0 Å². The zero-order valence-corrected chi connectivity index (χ0v) is 15.0. The summed E-state index contributed by atoms with van der Waals surface area (Å²) < 4.78 is 5.22. The van der Waals surface area contributed by atoms with E-state index in [1.165, 1.54) is 6.07 Å². The number of halogens is 2. The molecule has 0 unspecified atom stereocenters. The van der Waals surface area contributed by atoms with Gasteiger partial charge in [0.15, 0.2) is 0 Å². The van der Waals surface area contributed by atoms with Crippen LogP contribution in [0.5, 0.6) is 5.75 Å². The molecule has 7 heteroatoms. The molecule has 0 aliphatic heterocycles. The predicted octanol–water partition coefficient (Wildman–Crippen LogP) is 3.84. The number of rotatable bonds is 4. The van der Waals surface area contributed by atoms with Crippen LogP contribution < -0.4 is 10.6 Å². The van der Waals surface area contributed by atoms with Gasteiger partial charge in [-0.25, -0.2) is 4.79 Å². The van der Waals surface area contributed by atoms with Crippen molar-refractivity contribution in [2.45, 2.75) is 57.8 Å². The van der Waals surface area contributed by atoms with Gasteiger partial charge in [-0.05, 0) is 45.7 Å². The molecule has 0 aromatic heterocycles. The summed E-state index contributed by atoms with van der Waals surface area (Å²) in [7, 11) is 0. The number of nitrogens with one attached hydrogen (secondary N) is 2. The molecule has 0 saturated heterocycles. The van der Waals surface area contributed by atoms with Crippen molar-refractivity contribution in [3.8, 4) is 5.75 Å². The Morgan fingerprint density at radius 2 is 1.96 bits per heavy atom. The fourth-order valence-electron chi connectivity index (χ4n) is 2.38. The Kier molecular flexibility index (Phi) is 5.65. The Labute approximate surface area is 146 Å².